The van der Waals surface area contributed by atoms with Crippen molar-refractivity contribution < 1.29 is 9.15 Å². The van der Waals surface area contributed by atoms with Crippen LogP contribution in [0.2, 0.25) is 0 Å². The first kappa shape index (κ1) is 16.5. The number of allylic oxidation sites excluding steroid dienone is 1. The molecule has 0 N–H and O–H groups in total. The van der Waals surface area contributed by atoms with E-state index in [2.05, 4.69) is 37.0 Å². The quantitative estimate of drug-likeness (QED) is 0.630. The molecule has 0 bridgehead atoms. The SMILES string of the molecule is CCN1Cc2cc(OC)ccc2/C(C)=C\c2c1ccc1oc(=O)ccc21. The summed E-state index contributed by atoms with van der Waals surface area (Å²) in [7, 11) is 1.69. The Balaban J connectivity index is 2.01. The number of anilines is 1. The maximum absolute atomic E-state index is 11.6. The summed E-state index contributed by atoms with van der Waals surface area (Å²) >= 11 is 0. The summed E-state index contributed by atoms with van der Waals surface area (Å²) in [6.45, 7) is 5.94. The van der Waals surface area contributed by atoms with Gasteiger partial charge >= 0.3 is 5.63 Å². The van der Waals surface area contributed by atoms with E-state index in [1.165, 1.54) is 22.8 Å². The van der Waals surface area contributed by atoms with Crippen molar-refractivity contribution in [2.45, 2.75) is 20.4 Å². The van der Waals surface area contributed by atoms with Gasteiger partial charge in [-0.25, -0.2) is 4.79 Å². The Morgan fingerprint density at radius 3 is 2.77 bits per heavy atom. The molecule has 0 fully saturated rings. The van der Waals surface area contributed by atoms with Gasteiger partial charge in [0.1, 0.15) is 11.3 Å². The van der Waals surface area contributed by atoms with Crippen molar-refractivity contribution in [3.05, 3.63) is 69.6 Å². The predicted molar refractivity (Wildman–Crippen MR) is 106 cm³/mol. The highest BCUT2D eigenvalue weighted by Crippen LogP contribution is 2.37. The summed E-state index contributed by atoms with van der Waals surface area (Å²) in [4.78, 5) is 13.9. The van der Waals surface area contributed by atoms with Crippen molar-refractivity contribution >= 4 is 28.3 Å². The van der Waals surface area contributed by atoms with Crippen molar-refractivity contribution in [1.29, 1.82) is 0 Å². The van der Waals surface area contributed by atoms with Crippen LogP contribution in [0.4, 0.5) is 5.69 Å². The topological polar surface area (TPSA) is 42.7 Å². The van der Waals surface area contributed by atoms with Crippen LogP contribution in [0.1, 0.15) is 30.5 Å². The van der Waals surface area contributed by atoms with Crippen LogP contribution < -0.4 is 15.3 Å². The van der Waals surface area contributed by atoms with E-state index in [0.29, 0.717) is 5.58 Å². The zero-order valence-corrected chi connectivity index (χ0v) is 15.2. The molecule has 3 aromatic rings. The van der Waals surface area contributed by atoms with E-state index in [9.17, 15) is 4.79 Å². The van der Waals surface area contributed by atoms with Crippen molar-refractivity contribution in [1.82, 2.24) is 0 Å². The summed E-state index contributed by atoms with van der Waals surface area (Å²) in [5, 5.41) is 0.955. The average Bonchev–Trinajstić information content (AvgIpc) is 2.65. The third-order valence-corrected chi connectivity index (χ3v) is 5.00. The third kappa shape index (κ3) is 2.68. The normalized spacial score (nSPS) is 15.5. The van der Waals surface area contributed by atoms with Gasteiger partial charge in [0.2, 0.25) is 0 Å². The fourth-order valence-corrected chi connectivity index (χ4v) is 3.67. The second kappa shape index (κ2) is 6.37. The molecule has 0 aliphatic carbocycles. The second-order valence-corrected chi connectivity index (χ2v) is 6.53. The maximum atomic E-state index is 11.6. The van der Waals surface area contributed by atoms with Gasteiger partial charge in [-0.2, -0.15) is 0 Å². The Morgan fingerprint density at radius 2 is 2.00 bits per heavy atom. The molecule has 0 spiro atoms. The van der Waals surface area contributed by atoms with Crippen LogP contribution in [0, 0.1) is 0 Å². The molecular formula is C22H21NO3. The fraction of sp³-hybridized carbons (Fsp3) is 0.227. The van der Waals surface area contributed by atoms with Crippen LogP contribution in [-0.2, 0) is 6.54 Å². The predicted octanol–water partition coefficient (Wildman–Crippen LogP) is 4.70. The van der Waals surface area contributed by atoms with Gasteiger partial charge < -0.3 is 14.1 Å². The molecule has 1 aliphatic rings. The smallest absolute Gasteiger partial charge is 0.336 e. The van der Waals surface area contributed by atoms with E-state index < -0.39 is 0 Å². The van der Waals surface area contributed by atoms with Crippen LogP contribution >= 0.6 is 0 Å². The van der Waals surface area contributed by atoms with Crippen LogP contribution in [0.15, 0.2) is 51.7 Å². The Bertz CT molecular complexity index is 1080. The molecular weight excluding hydrogens is 326 g/mol. The molecule has 0 amide bonds. The van der Waals surface area contributed by atoms with Gasteiger partial charge in [-0.05, 0) is 67.0 Å². The number of rotatable bonds is 2. The van der Waals surface area contributed by atoms with Crippen molar-refractivity contribution in [2.75, 3.05) is 18.6 Å². The monoisotopic (exact) mass is 347 g/mol. The minimum atomic E-state index is -0.325. The molecule has 2 aromatic carbocycles. The maximum Gasteiger partial charge on any atom is 0.336 e. The highest BCUT2D eigenvalue weighted by atomic mass is 16.5. The van der Waals surface area contributed by atoms with Gasteiger partial charge in [-0.3, -0.25) is 0 Å². The molecule has 0 saturated carbocycles. The van der Waals surface area contributed by atoms with Crippen LogP contribution in [0.3, 0.4) is 0 Å². The number of methoxy groups -OCH3 is 1. The third-order valence-electron chi connectivity index (χ3n) is 5.00. The minimum absolute atomic E-state index is 0.325. The van der Waals surface area contributed by atoms with Gasteiger partial charge in [-0.1, -0.05) is 6.07 Å². The van der Waals surface area contributed by atoms with E-state index in [-0.39, 0.29) is 5.63 Å². The molecule has 4 rings (SSSR count). The molecule has 132 valence electrons. The number of hydrogen-bond acceptors (Lipinski definition) is 4. The largest absolute Gasteiger partial charge is 0.497 e. The van der Waals surface area contributed by atoms with Crippen LogP contribution in [0.25, 0.3) is 22.6 Å². The first-order valence-corrected chi connectivity index (χ1v) is 8.78. The molecule has 0 saturated heterocycles. The van der Waals surface area contributed by atoms with Gasteiger partial charge in [-0.15, -0.1) is 0 Å². The van der Waals surface area contributed by atoms with E-state index in [4.69, 9.17) is 9.15 Å². The molecule has 26 heavy (non-hydrogen) atoms. The van der Waals surface area contributed by atoms with Crippen molar-refractivity contribution in [2.24, 2.45) is 0 Å². The zero-order valence-electron chi connectivity index (χ0n) is 15.2. The summed E-state index contributed by atoms with van der Waals surface area (Å²) in [5.74, 6) is 0.869. The first-order chi connectivity index (χ1) is 12.6. The number of benzene rings is 2. The Hall–Kier alpha value is -3.01. The number of fused-ring (bicyclic) bond motifs is 4. The Kier molecular flexibility index (Phi) is 4.03. The lowest BCUT2D eigenvalue weighted by Crippen LogP contribution is -2.24. The molecule has 2 heterocycles. The molecule has 4 heteroatoms. The van der Waals surface area contributed by atoms with E-state index in [1.807, 2.05) is 24.3 Å². The van der Waals surface area contributed by atoms with Gasteiger partial charge in [0.15, 0.2) is 0 Å². The fourth-order valence-electron chi connectivity index (χ4n) is 3.67. The molecule has 0 atom stereocenters. The Morgan fingerprint density at radius 1 is 1.15 bits per heavy atom. The zero-order chi connectivity index (χ0) is 18.3. The lowest BCUT2D eigenvalue weighted by Gasteiger charge is -2.29. The summed E-state index contributed by atoms with van der Waals surface area (Å²) in [6, 6.07) is 13.5. The lowest BCUT2D eigenvalue weighted by atomic mass is 9.93. The minimum Gasteiger partial charge on any atom is -0.497 e. The van der Waals surface area contributed by atoms with Gasteiger partial charge in [0.05, 0.1) is 7.11 Å². The molecule has 0 radical (unpaired) electrons. The molecule has 0 unspecified atom stereocenters. The highest BCUT2D eigenvalue weighted by molar-refractivity contribution is 5.98. The standard InChI is InChI=1S/C22H21NO3/c1-4-23-13-15-12-16(25-3)5-6-17(15)14(2)11-19-18-7-10-22(24)26-21(18)9-8-20(19)23/h5-12H,4,13H2,1-3H3/b14-11-. The summed E-state index contributed by atoms with van der Waals surface area (Å²) < 4.78 is 10.8. The van der Waals surface area contributed by atoms with E-state index >= 15 is 0 Å². The highest BCUT2D eigenvalue weighted by Gasteiger charge is 2.19. The van der Waals surface area contributed by atoms with Crippen LogP contribution in [0.5, 0.6) is 5.75 Å². The number of nitrogens with zero attached hydrogens (tertiary/aromatic N) is 1. The first-order valence-electron chi connectivity index (χ1n) is 8.78. The Labute approximate surface area is 152 Å². The molecule has 1 aromatic heterocycles. The molecule has 1 aliphatic heterocycles. The van der Waals surface area contributed by atoms with Crippen molar-refractivity contribution in [3.63, 3.8) is 0 Å². The lowest BCUT2D eigenvalue weighted by molar-refractivity contribution is 0.414. The summed E-state index contributed by atoms with van der Waals surface area (Å²) in [5.41, 5.74) is 6.15. The summed E-state index contributed by atoms with van der Waals surface area (Å²) in [6.07, 6.45) is 2.19. The van der Waals surface area contributed by atoms with E-state index in [0.717, 1.165) is 35.5 Å². The number of hydrogen-bond donors (Lipinski definition) is 0. The van der Waals surface area contributed by atoms with Crippen molar-refractivity contribution in [3.8, 4) is 5.75 Å². The number of ether oxygens (including phenoxy) is 1. The van der Waals surface area contributed by atoms with Crippen LogP contribution in [-0.4, -0.2) is 13.7 Å². The van der Waals surface area contributed by atoms with Gasteiger partial charge in [0, 0.05) is 35.8 Å². The average molecular weight is 347 g/mol. The second-order valence-electron chi connectivity index (χ2n) is 6.53. The molecule has 4 nitrogen and oxygen atoms in total. The van der Waals surface area contributed by atoms with E-state index in [1.54, 1.807) is 7.11 Å². The van der Waals surface area contributed by atoms with Gasteiger partial charge in [0.25, 0.3) is 0 Å².